The molecule has 3 heterocycles. The first-order chi connectivity index (χ1) is 10.4. The van der Waals surface area contributed by atoms with Crippen LogP contribution in [0.1, 0.15) is 42.7 Å². The van der Waals surface area contributed by atoms with Crippen molar-refractivity contribution >= 4 is 9.84 Å². The van der Waals surface area contributed by atoms with Crippen LogP contribution in [0.5, 0.6) is 0 Å². The fraction of sp³-hybridized carbons (Fsp3) is 0.643. The smallest absolute Gasteiger partial charge is 0.179 e. The number of aromatic nitrogens is 5. The third-order valence-electron chi connectivity index (χ3n) is 4.43. The van der Waals surface area contributed by atoms with E-state index in [4.69, 9.17) is 0 Å². The molecule has 8 heteroatoms. The van der Waals surface area contributed by atoms with Gasteiger partial charge in [-0.15, -0.1) is 0 Å². The number of rotatable bonds is 3. The summed E-state index contributed by atoms with van der Waals surface area (Å²) < 4.78 is 27.2. The lowest BCUT2D eigenvalue weighted by atomic mass is 10.2. The fourth-order valence-corrected chi connectivity index (χ4v) is 4.87. The molecule has 4 rings (SSSR count). The monoisotopic (exact) mass is 321 g/mol. The number of hydrogen-bond donors (Lipinski definition) is 0. The van der Waals surface area contributed by atoms with E-state index in [1.165, 1.54) is 18.5 Å². The maximum atomic E-state index is 11.7. The predicted molar refractivity (Wildman–Crippen MR) is 81.2 cm³/mol. The summed E-state index contributed by atoms with van der Waals surface area (Å²) in [5.41, 5.74) is 2.01. The highest BCUT2D eigenvalue weighted by molar-refractivity contribution is 7.91. The van der Waals surface area contributed by atoms with E-state index in [0.29, 0.717) is 24.0 Å². The normalized spacial score (nSPS) is 24.0. The van der Waals surface area contributed by atoms with E-state index in [2.05, 4.69) is 21.2 Å². The summed E-state index contributed by atoms with van der Waals surface area (Å²) in [5, 5.41) is 8.99. The minimum Gasteiger partial charge on any atom is -0.272 e. The number of hydrogen-bond acceptors (Lipinski definition) is 5. The molecule has 0 aromatic carbocycles. The van der Waals surface area contributed by atoms with Gasteiger partial charge >= 0.3 is 0 Å². The molecule has 2 fully saturated rings. The lowest BCUT2D eigenvalue weighted by Gasteiger charge is -2.10. The van der Waals surface area contributed by atoms with Crippen LogP contribution in [-0.2, 0) is 16.9 Å². The molecule has 7 nitrogen and oxygen atoms in total. The SMILES string of the molecule is Cc1nc(-c2cc(C3CC3)n(C)n2)n(C2CCS(=O)(=O)C2)n1. The Morgan fingerprint density at radius 3 is 2.64 bits per heavy atom. The summed E-state index contributed by atoms with van der Waals surface area (Å²) in [5.74, 6) is 2.31. The molecule has 0 radical (unpaired) electrons. The molecule has 1 atom stereocenters. The summed E-state index contributed by atoms with van der Waals surface area (Å²) in [4.78, 5) is 4.49. The molecule has 0 N–H and O–H groups in total. The minimum absolute atomic E-state index is 0.132. The average Bonchev–Trinajstić information content (AvgIpc) is 2.95. The van der Waals surface area contributed by atoms with Gasteiger partial charge < -0.3 is 0 Å². The molecule has 0 spiro atoms. The Kier molecular flexibility index (Phi) is 2.94. The van der Waals surface area contributed by atoms with Crippen LogP contribution in [0.15, 0.2) is 6.07 Å². The van der Waals surface area contributed by atoms with E-state index in [1.54, 1.807) is 4.68 Å². The van der Waals surface area contributed by atoms with E-state index >= 15 is 0 Å². The van der Waals surface area contributed by atoms with Gasteiger partial charge in [0.05, 0.1) is 17.5 Å². The van der Waals surface area contributed by atoms with Gasteiger partial charge in [-0.05, 0) is 32.3 Å². The minimum atomic E-state index is -2.95. The topological polar surface area (TPSA) is 82.7 Å². The van der Waals surface area contributed by atoms with Crippen LogP contribution < -0.4 is 0 Å². The first-order valence-corrected chi connectivity index (χ1v) is 9.43. The van der Waals surface area contributed by atoms with Crippen LogP contribution in [0.3, 0.4) is 0 Å². The second-order valence-corrected chi connectivity index (χ2v) is 8.57. The molecular formula is C14H19N5O2S. The lowest BCUT2D eigenvalue weighted by Crippen LogP contribution is -2.14. The van der Waals surface area contributed by atoms with Gasteiger partial charge in [-0.25, -0.2) is 18.1 Å². The molecule has 1 saturated heterocycles. The van der Waals surface area contributed by atoms with Gasteiger partial charge in [-0.2, -0.15) is 10.2 Å². The van der Waals surface area contributed by atoms with Gasteiger partial charge in [-0.3, -0.25) is 4.68 Å². The fourth-order valence-electron chi connectivity index (χ4n) is 3.18. The Bertz CT molecular complexity index is 832. The summed E-state index contributed by atoms with van der Waals surface area (Å²) in [6, 6.07) is 1.94. The number of aryl methyl sites for hydroxylation is 2. The molecule has 0 amide bonds. The van der Waals surface area contributed by atoms with Gasteiger partial charge in [0, 0.05) is 18.7 Å². The van der Waals surface area contributed by atoms with Crippen molar-refractivity contribution in [3.63, 3.8) is 0 Å². The molecule has 1 unspecified atom stereocenters. The molecule has 0 bridgehead atoms. The van der Waals surface area contributed by atoms with Crippen molar-refractivity contribution in [2.24, 2.45) is 7.05 Å². The summed E-state index contributed by atoms with van der Waals surface area (Å²) in [7, 11) is -1.00. The van der Waals surface area contributed by atoms with Crippen LogP contribution in [0, 0.1) is 6.92 Å². The van der Waals surface area contributed by atoms with E-state index < -0.39 is 9.84 Å². The maximum Gasteiger partial charge on any atom is 0.179 e. The molecule has 118 valence electrons. The van der Waals surface area contributed by atoms with E-state index in [9.17, 15) is 8.42 Å². The molecule has 2 aromatic heterocycles. The van der Waals surface area contributed by atoms with Crippen LogP contribution in [0.25, 0.3) is 11.5 Å². The largest absolute Gasteiger partial charge is 0.272 e. The molecule has 1 aliphatic carbocycles. The average molecular weight is 321 g/mol. The number of nitrogens with zero attached hydrogens (tertiary/aromatic N) is 5. The highest BCUT2D eigenvalue weighted by Gasteiger charge is 2.33. The first kappa shape index (κ1) is 13.9. The zero-order chi connectivity index (χ0) is 15.5. The maximum absolute atomic E-state index is 11.7. The van der Waals surface area contributed by atoms with Crippen molar-refractivity contribution < 1.29 is 8.42 Å². The van der Waals surface area contributed by atoms with Gasteiger partial charge in [0.15, 0.2) is 15.7 Å². The highest BCUT2D eigenvalue weighted by Crippen LogP contribution is 2.41. The Morgan fingerprint density at radius 1 is 1.23 bits per heavy atom. The third-order valence-corrected chi connectivity index (χ3v) is 6.18. The lowest BCUT2D eigenvalue weighted by molar-refractivity contribution is 0.500. The van der Waals surface area contributed by atoms with Crippen molar-refractivity contribution in [1.29, 1.82) is 0 Å². The highest BCUT2D eigenvalue weighted by atomic mass is 32.2. The second-order valence-electron chi connectivity index (χ2n) is 6.34. The van der Waals surface area contributed by atoms with E-state index in [1.807, 2.05) is 18.7 Å². The summed E-state index contributed by atoms with van der Waals surface area (Å²) in [6.45, 7) is 1.83. The Balaban J connectivity index is 1.74. The first-order valence-electron chi connectivity index (χ1n) is 7.61. The van der Waals surface area contributed by atoms with Crippen molar-refractivity contribution in [3.8, 4) is 11.5 Å². The predicted octanol–water partition coefficient (Wildman–Crippen LogP) is 1.22. The second kappa shape index (κ2) is 4.65. The van der Waals surface area contributed by atoms with Crippen molar-refractivity contribution in [1.82, 2.24) is 24.5 Å². The molecule has 1 aliphatic heterocycles. The van der Waals surface area contributed by atoms with Gasteiger partial charge in [0.1, 0.15) is 11.5 Å². The molecule has 22 heavy (non-hydrogen) atoms. The Morgan fingerprint density at radius 2 is 2.00 bits per heavy atom. The van der Waals surface area contributed by atoms with Gasteiger partial charge in [0.2, 0.25) is 0 Å². The molecule has 2 aromatic rings. The quantitative estimate of drug-likeness (QED) is 0.849. The van der Waals surface area contributed by atoms with Crippen LogP contribution >= 0.6 is 0 Å². The Hall–Kier alpha value is -1.70. The van der Waals surface area contributed by atoms with Gasteiger partial charge in [0.25, 0.3) is 0 Å². The standard InChI is InChI=1S/C14H19N5O2S/c1-9-15-14(12-7-13(10-3-4-10)18(2)17-12)19(16-9)11-5-6-22(20,21)8-11/h7,10-11H,3-6,8H2,1-2H3. The van der Waals surface area contributed by atoms with Crippen LogP contribution in [0.4, 0.5) is 0 Å². The number of sulfone groups is 1. The van der Waals surface area contributed by atoms with Crippen LogP contribution in [0.2, 0.25) is 0 Å². The van der Waals surface area contributed by atoms with Gasteiger partial charge in [-0.1, -0.05) is 0 Å². The third kappa shape index (κ3) is 2.35. The molecule has 1 saturated carbocycles. The summed E-state index contributed by atoms with van der Waals surface area (Å²) >= 11 is 0. The van der Waals surface area contributed by atoms with E-state index in [-0.39, 0.29) is 17.5 Å². The summed E-state index contributed by atoms with van der Waals surface area (Å²) in [6.07, 6.45) is 3.03. The molecule has 2 aliphatic rings. The molecular weight excluding hydrogens is 302 g/mol. The van der Waals surface area contributed by atoms with Crippen molar-refractivity contribution in [2.45, 2.75) is 38.1 Å². The van der Waals surface area contributed by atoms with Crippen LogP contribution in [-0.4, -0.2) is 44.5 Å². The zero-order valence-corrected chi connectivity index (χ0v) is 13.5. The van der Waals surface area contributed by atoms with E-state index in [0.717, 1.165) is 5.69 Å². The van der Waals surface area contributed by atoms with Crippen molar-refractivity contribution in [2.75, 3.05) is 11.5 Å². The Labute approximate surface area is 129 Å². The zero-order valence-electron chi connectivity index (χ0n) is 12.7. The van der Waals surface area contributed by atoms with Crippen molar-refractivity contribution in [3.05, 3.63) is 17.6 Å².